The van der Waals surface area contributed by atoms with Gasteiger partial charge in [-0.25, -0.2) is 9.48 Å². The number of amides is 1. The van der Waals surface area contributed by atoms with Crippen LogP contribution in [0.1, 0.15) is 49.4 Å². The molecule has 25 heavy (non-hydrogen) atoms. The van der Waals surface area contributed by atoms with Crippen molar-refractivity contribution in [2.75, 3.05) is 0 Å². The van der Waals surface area contributed by atoms with Crippen molar-refractivity contribution in [1.82, 2.24) is 20.3 Å². The summed E-state index contributed by atoms with van der Waals surface area (Å²) in [5.41, 5.74) is -0.0677. The molecule has 0 unspecified atom stereocenters. The lowest BCUT2D eigenvalue weighted by Crippen LogP contribution is -2.56. The van der Waals surface area contributed by atoms with Gasteiger partial charge < -0.3 is 10.4 Å². The predicted molar refractivity (Wildman–Crippen MR) is 91.4 cm³/mol. The van der Waals surface area contributed by atoms with E-state index < -0.39 is 11.5 Å². The summed E-state index contributed by atoms with van der Waals surface area (Å²) in [6, 6.07) is 6.90. The van der Waals surface area contributed by atoms with Gasteiger partial charge in [-0.2, -0.15) is 0 Å². The van der Waals surface area contributed by atoms with Crippen molar-refractivity contribution in [3.8, 4) is 5.69 Å². The number of rotatable bonds is 5. The van der Waals surface area contributed by atoms with Crippen LogP contribution in [0.4, 0.5) is 0 Å². The van der Waals surface area contributed by atoms with Crippen LogP contribution in [0.3, 0.4) is 0 Å². The Kier molecular flexibility index (Phi) is 4.83. The number of carbonyl (C=O) groups excluding carboxylic acids is 1. The summed E-state index contributed by atoms with van der Waals surface area (Å²) in [6.45, 7) is 2.12. The second kappa shape index (κ2) is 7.04. The van der Waals surface area contributed by atoms with Gasteiger partial charge >= 0.3 is 5.97 Å². The van der Waals surface area contributed by atoms with Gasteiger partial charge in [-0.15, -0.1) is 5.10 Å². The fourth-order valence-corrected chi connectivity index (χ4v) is 3.40. The maximum atomic E-state index is 12.7. The van der Waals surface area contributed by atoms with Gasteiger partial charge in [0, 0.05) is 5.56 Å². The topological polar surface area (TPSA) is 97.1 Å². The molecule has 1 saturated carbocycles. The molecule has 0 aliphatic heterocycles. The van der Waals surface area contributed by atoms with Gasteiger partial charge in [0.05, 0.1) is 18.1 Å². The van der Waals surface area contributed by atoms with E-state index in [4.69, 9.17) is 0 Å². The van der Waals surface area contributed by atoms with E-state index in [2.05, 4.69) is 22.6 Å². The van der Waals surface area contributed by atoms with Crippen molar-refractivity contribution in [1.29, 1.82) is 0 Å². The Morgan fingerprint density at radius 3 is 2.72 bits per heavy atom. The monoisotopic (exact) mass is 342 g/mol. The molecule has 1 heterocycles. The molecule has 1 aromatic heterocycles. The number of benzene rings is 1. The van der Waals surface area contributed by atoms with Crippen LogP contribution >= 0.6 is 0 Å². The van der Waals surface area contributed by atoms with E-state index in [1.807, 2.05) is 6.07 Å². The molecule has 2 aromatic rings. The van der Waals surface area contributed by atoms with Crippen LogP contribution in [0.2, 0.25) is 0 Å². The standard InChI is InChI=1S/C18H22N4O3/c1-2-13-6-8-18(9-7-13,17(24)25)20-16(23)14-4-3-5-15(12-14)22-11-10-19-21-22/h3-5,10-13H,2,6-9H2,1H3,(H,20,23)(H,24,25). The van der Waals surface area contributed by atoms with Crippen molar-refractivity contribution >= 4 is 11.9 Å². The first kappa shape index (κ1) is 17.1. The first-order valence-electron chi connectivity index (χ1n) is 8.57. The smallest absolute Gasteiger partial charge is 0.329 e. The lowest BCUT2D eigenvalue weighted by atomic mass is 9.75. The number of aromatic nitrogens is 3. The van der Waals surface area contributed by atoms with Gasteiger partial charge in [-0.3, -0.25) is 4.79 Å². The van der Waals surface area contributed by atoms with Gasteiger partial charge in [0.1, 0.15) is 5.54 Å². The SMILES string of the molecule is CCC1CCC(NC(=O)c2cccc(-n3ccnn3)c2)(C(=O)O)CC1. The lowest BCUT2D eigenvalue weighted by Gasteiger charge is -2.37. The predicted octanol–water partition coefficient (Wildman–Crippen LogP) is 2.42. The highest BCUT2D eigenvalue weighted by Gasteiger charge is 2.43. The van der Waals surface area contributed by atoms with Crippen molar-refractivity contribution in [2.45, 2.75) is 44.6 Å². The zero-order chi connectivity index (χ0) is 17.9. The largest absolute Gasteiger partial charge is 0.480 e. The van der Waals surface area contributed by atoms with E-state index in [0.717, 1.165) is 19.3 Å². The molecule has 0 spiro atoms. The van der Waals surface area contributed by atoms with Crippen LogP contribution in [0.15, 0.2) is 36.7 Å². The molecule has 7 nitrogen and oxygen atoms in total. The second-order valence-corrected chi connectivity index (χ2v) is 6.59. The highest BCUT2D eigenvalue weighted by atomic mass is 16.4. The molecule has 1 aliphatic rings. The average Bonchev–Trinajstić information content (AvgIpc) is 3.17. The van der Waals surface area contributed by atoms with Crippen LogP contribution in [0, 0.1) is 5.92 Å². The number of carboxylic acids is 1. The molecule has 7 heteroatoms. The van der Waals surface area contributed by atoms with E-state index in [1.165, 1.54) is 0 Å². The zero-order valence-corrected chi connectivity index (χ0v) is 14.2. The quantitative estimate of drug-likeness (QED) is 0.870. The highest BCUT2D eigenvalue weighted by molar-refractivity contribution is 5.98. The van der Waals surface area contributed by atoms with E-state index in [1.54, 1.807) is 35.3 Å². The normalized spacial score (nSPS) is 23.2. The molecule has 0 radical (unpaired) electrons. The van der Waals surface area contributed by atoms with E-state index >= 15 is 0 Å². The first-order chi connectivity index (χ1) is 12.0. The minimum absolute atomic E-state index is 0.376. The number of hydrogen-bond donors (Lipinski definition) is 2. The van der Waals surface area contributed by atoms with Gasteiger partial charge in [0.25, 0.3) is 5.91 Å². The fraction of sp³-hybridized carbons (Fsp3) is 0.444. The molecular weight excluding hydrogens is 320 g/mol. The number of nitrogens with one attached hydrogen (secondary N) is 1. The van der Waals surface area contributed by atoms with E-state index in [0.29, 0.717) is 30.0 Å². The fourth-order valence-electron chi connectivity index (χ4n) is 3.40. The minimum Gasteiger partial charge on any atom is -0.480 e. The third-order valence-corrected chi connectivity index (χ3v) is 5.09. The van der Waals surface area contributed by atoms with Crippen LogP contribution in [-0.2, 0) is 4.79 Å². The third kappa shape index (κ3) is 3.55. The Balaban J connectivity index is 1.78. The number of carbonyl (C=O) groups is 2. The molecule has 1 aromatic carbocycles. The van der Waals surface area contributed by atoms with Gasteiger partial charge in [0.2, 0.25) is 0 Å². The van der Waals surface area contributed by atoms with Crippen molar-refractivity contribution in [3.63, 3.8) is 0 Å². The Morgan fingerprint density at radius 2 is 2.12 bits per heavy atom. The molecule has 1 fully saturated rings. The maximum absolute atomic E-state index is 12.7. The van der Waals surface area contributed by atoms with Crippen LogP contribution in [-0.4, -0.2) is 37.5 Å². The molecule has 0 bridgehead atoms. The van der Waals surface area contributed by atoms with Crippen molar-refractivity contribution in [3.05, 3.63) is 42.2 Å². The summed E-state index contributed by atoms with van der Waals surface area (Å²) in [6.07, 6.45) is 6.86. The van der Waals surface area contributed by atoms with Crippen molar-refractivity contribution in [2.24, 2.45) is 5.92 Å². The summed E-state index contributed by atoms with van der Waals surface area (Å²) in [4.78, 5) is 24.5. The molecule has 2 N–H and O–H groups in total. The summed E-state index contributed by atoms with van der Waals surface area (Å²) in [5, 5.41) is 20.1. The summed E-state index contributed by atoms with van der Waals surface area (Å²) in [7, 11) is 0. The number of hydrogen-bond acceptors (Lipinski definition) is 4. The Labute approximate surface area is 146 Å². The van der Waals surface area contributed by atoms with Crippen LogP contribution in [0.25, 0.3) is 5.69 Å². The van der Waals surface area contributed by atoms with Crippen LogP contribution < -0.4 is 5.32 Å². The summed E-state index contributed by atoms with van der Waals surface area (Å²) in [5.74, 6) is -0.790. The van der Waals surface area contributed by atoms with Gasteiger partial charge in [-0.1, -0.05) is 24.6 Å². The summed E-state index contributed by atoms with van der Waals surface area (Å²) >= 11 is 0. The lowest BCUT2D eigenvalue weighted by molar-refractivity contribution is -0.146. The van der Waals surface area contributed by atoms with E-state index in [-0.39, 0.29) is 5.91 Å². The summed E-state index contributed by atoms with van der Waals surface area (Å²) < 4.78 is 1.55. The van der Waals surface area contributed by atoms with Crippen LogP contribution in [0.5, 0.6) is 0 Å². The molecule has 3 rings (SSSR count). The average molecular weight is 342 g/mol. The van der Waals surface area contributed by atoms with Gasteiger partial charge in [0.15, 0.2) is 0 Å². The first-order valence-corrected chi connectivity index (χ1v) is 8.57. The van der Waals surface area contributed by atoms with Crippen molar-refractivity contribution < 1.29 is 14.7 Å². The molecule has 1 aliphatic carbocycles. The number of nitrogens with zero attached hydrogens (tertiary/aromatic N) is 3. The maximum Gasteiger partial charge on any atom is 0.329 e. The molecule has 0 saturated heterocycles. The van der Waals surface area contributed by atoms with E-state index in [9.17, 15) is 14.7 Å². The molecule has 132 valence electrons. The molecular formula is C18H22N4O3. The highest BCUT2D eigenvalue weighted by Crippen LogP contribution is 2.34. The Bertz CT molecular complexity index is 749. The number of carboxylic acid groups (broad SMARTS) is 1. The molecule has 0 atom stereocenters. The zero-order valence-electron chi connectivity index (χ0n) is 14.2. The minimum atomic E-state index is -1.17. The third-order valence-electron chi connectivity index (χ3n) is 5.09. The molecule has 1 amide bonds. The second-order valence-electron chi connectivity index (χ2n) is 6.59. The number of aliphatic carboxylic acids is 1. The van der Waals surface area contributed by atoms with Gasteiger partial charge in [-0.05, 0) is 49.8 Å². The Hall–Kier alpha value is -2.70. The Morgan fingerprint density at radius 1 is 1.36 bits per heavy atom.